The molecule has 0 saturated carbocycles. The van der Waals surface area contributed by atoms with Gasteiger partial charge in [-0.25, -0.2) is 4.79 Å². The number of ether oxygens (including phenoxy) is 1. The number of fused-ring (bicyclic) bond motifs is 2. The summed E-state index contributed by atoms with van der Waals surface area (Å²) in [6.45, 7) is 0.0659. The maximum atomic E-state index is 10.8. The van der Waals surface area contributed by atoms with Crippen LogP contribution in [0.4, 0.5) is 11.4 Å². The van der Waals surface area contributed by atoms with Gasteiger partial charge in [-0.05, 0) is 36.4 Å². The number of rotatable bonds is 1. The zero-order chi connectivity index (χ0) is 17.1. The Balaban J connectivity index is 0.000000141. The van der Waals surface area contributed by atoms with Crippen LogP contribution < -0.4 is 15.8 Å². The maximum absolute atomic E-state index is 10.8. The highest BCUT2D eigenvalue weighted by atomic mass is 16.5. The highest BCUT2D eigenvalue weighted by molar-refractivity contribution is 5.95. The van der Waals surface area contributed by atoms with Crippen molar-refractivity contribution in [3.05, 3.63) is 54.2 Å². The summed E-state index contributed by atoms with van der Waals surface area (Å²) >= 11 is 0. The first-order valence-corrected chi connectivity index (χ1v) is 7.15. The molecule has 1 amide bonds. The zero-order valence-electron chi connectivity index (χ0n) is 12.6. The van der Waals surface area contributed by atoms with Crippen LogP contribution in [0.3, 0.4) is 0 Å². The number of nitrogen functional groups attached to an aromatic ring is 1. The minimum atomic E-state index is -0.891. The molecule has 0 radical (unpaired) electrons. The van der Waals surface area contributed by atoms with E-state index in [4.69, 9.17) is 15.6 Å². The second kappa shape index (κ2) is 6.33. The topological polar surface area (TPSA) is 117 Å². The standard InChI is InChI=1S/C9H7NO2.C8H8N2O2/c11-9(12)7-1-2-8-6(5-7)3-4-10-8;9-5-1-2-6-7(3-5)12-4-8(11)10-6/h1-5,10H,(H,11,12);1-3H,4,9H2,(H,10,11). The van der Waals surface area contributed by atoms with Crippen molar-refractivity contribution < 1.29 is 19.4 Å². The second-order valence-electron chi connectivity index (χ2n) is 5.18. The number of hydrogen-bond acceptors (Lipinski definition) is 4. The summed E-state index contributed by atoms with van der Waals surface area (Å²) < 4.78 is 5.12. The smallest absolute Gasteiger partial charge is 0.335 e. The lowest BCUT2D eigenvalue weighted by Gasteiger charge is -2.17. The monoisotopic (exact) mass is 325 g/mol. The lowest BCUT2D eigenvalue weighted by Crippen LogP contribution is -2.25. The molecule has 1 aromatic heterocycles. The zero-order valence-corrected chi connectivity index (χ0v) is 12.6. The van der Waals surface area contributed by atoms with Crippen LogP contribution in [0.5, 0.6) is 5.75 Å². The average molecular weight is 325 g/mol. The number of nitrogens with two attached hydrogens (primary N) is 1. The van der Waals surface area contributed by atoms with E-state index in [0.29, 0.717) is 22.7 Å². The van der Waals surface area contributed by atoms with Crippen LogP contribution in [0.1, 0.15) is 10.4 Å². The molecule has 0 saturated heterocycles. The van der Waals surface area contributed by atoms with Gasteiger partial charge >= 0.3 is 5.97 Å². The van der Waals surface area contributed by atoms with Crippen LogP contribution in [0, 0.1) is 0 Å². The number of aromatic amines is 1. The Morgan fingerprint density at radius 3 is 2.79 bits per heavy atom. The van der Waals surface area contributed by atoms with Gasteiger partial charge in [0.1, 0.15) is 5.75 Å². The molecular weight excluding hydrogens is 310 g/mol. The van der Waals surface area contributed by atoms with Crippen molar-refractivity contribution in [1.29, 1.82) is 0 Å². The predicted octanol–water partition coefficient (Wildman–Crippen LogP) is 2.47. The highest BCUT2D eigenvalue weighted by Crippen LogP contribution is 2.29. The molecule has 7 heteroatoms. The van der Waals surface area contributed by atoms with Crippen LogP contribution in [0.25, 0.3) is 10.9 Å². The number of aromatic nitrogens is 1. The third-order valence-electron chi connectivity index (χ3n) is 3.44. The Morgan fingerprint density at radius 2 is 2.00 bits per heavy atom. The van der Waals surface area contributed by atoms with E-state index in [2.05, 4.69) is 10.3 Å². The van der Waals surface area contributed by atoms with Crippen molar-refractivity contribution in [1.82, 2.24) is 4.98 Å². The van der Waals surface area contributed by atoms with Crippen LogP contribution in [0.15, 0.2) is 48.7 Å². The van der Waals surface area contributed by atoms with Crippen LogP contribution in [-0.2, 0) is 4.79 Å². The van der Waals surface area contributed by atoms with Crippen molar-refractivity contribution in [2.45, 2.75) is 0 Å². The third-order valence-corrected chi connectivity index (χ3v) is 3.44. The van der Waals surface area contributed by atoms with Crippen LogP contribution in [-0.4, -0.2) is 28.6 Å². The second-order valence-corrected chi connectivity index (χ2v) is 5.18. The van der Waals surface area contributed by atoms with Gasteiger partial charge in [-0.3, -0.25) is 4.79 Å². The van der Waals surface area contributed by atoms with Crippen molar-refractivity contribution in [2.24, 2.45) is 0 Å². The number of hydrogen-bond donors (Lipinski definition) is 4. The number of aromatic carboxylic acids is 1. The van der Waals surface area contributed by atoms with Crippen LogP contribution in [0.2, 0.25) is 0 Å². The molecule has 0 bridgehead atoms. The van der Waals surface area contributed by atoms with E-state index < -0.39 is 5.97 Å². The molecule has 5 N–H and O–H groups in total. The Kier molecular flexibility index (Phi) is 4.07. The normalized spacial score (nSPS) is 12.4. The first-order chi connectivity index (χ1) is 11.5. The number of carboxylic acid groups (broad SMARTS) is 1. The van der Waals surface area contributed by atoms with E-state index in [1.807, 2.05) is 6.07 Å². The molecule has 24 heavy (non-hydrogen) atoms. The minimum absolute atomic E-state index is 0.0659. The van der Waals surface area contributed by atoms with Gasteiger partial charge in [-0.15, -0.1) is 0 Å². The lowest BCUT2D eigenvalue weighted by atomic mass is 10.1. The molecule has 7 nitrogen and oxygen atoms in total. The Hall–Kier alpha value is -3.48. The van der Waals surface area contributed by atoms with Crippen molar-refractivity contribution >= 4 is 34.2 Å². The van der Waals surface area contributed by atoms with Gasteiger partial charge in [0.25, 0.3) is 5.91 Å². The summed E-state index contributed by atoms with van der Waals surface area (Å²) in [5.74, 6) is -0.389. The summed E-state index contributed by atoms with van der Waals surface area (Å²) in [4.78, 5) is 24.4. The maximum Gasteiger partial charge on any atom is 0.335 e. The number of H-pyrrole nitrogens is 1. The van der Waals surface area contributed by atoms with Gasteiger partial charge in [-0.2, -0.15) is 0 Å². The highest BCUT2D eigenvalue weighted by Gasteiger charge is 2.14. The summed E-state index contributed by atoms with van der Waals surface area (Å²) in [7, 11) is 0. The molecule has 1 aliphatic rings. The fraction of sp³-hybridized carbons (Fsp3) is 0.0588. The van der Waals surface area contributed by atoms with E-state index in [-0.39, 0.29) is 12.5 Å². The van der Waals surface area contributed by atoms with Gasteiger partial charge in [0.15, 0.2) is 6.61 Å². The molecule has 0 unspecified atom stereocenters. The number of nitrogens with one attached hydrogen (secondary N) is 2. The van der Waals surface area contributed by atoms with Gasteiger partial charge in [0.05, 0.1) is 11.3 Å². The summed E-state index contributed by atoms with van der Waals surface area (Å²) in [6, 6.07) is 12.0. The van der Waals surface area contributed by atoms with E-state index in [0.717, 1.165) is 10.9 Å². The summed E-state index contributed by atoms with van der Waals surface area (Å²) in [5, 5.41) is 12.3. The Morgan fingerprint density at radius 1 is 1.17 bits per heavy atom. The van der Waals surface area contributed by atoms with E-state index >= 15 is 0 Å². The molecule has 0 aliphatic carbocycles. The number of carbonyl (C=O) groups excluding carboxylic acids is 1. The fourth-order valence-electron chi connectivity index (χ4n) is 2.28. The largest absolute Gasteiger partial charge is 0.482 e. The molecule has 0 fully saturated rings. The first kappa shape index (κ1) is 15.4. The minimum Gasteiger partial charge on any atom is -0.482 e. The average Bonchev–Trinajstić information content (AvgIpc) is 3.03. The number of benzene rings is 2. The van der Waals surface area contributed by atoms with Crippen molar-refractivity contribution in [2.75, 3.05) is 17.7 Å². The molecular formula is C17H15N3O4. The first-order valence-electron chi connectivity index (χ1n) is 7.15. The van der Waals surface area contributed by atoms with Crippen LogP contribution >= 0.6 is 0 Å². The number of anilines is 2. The predicted molar refractivity (Wildman–Crippen MR) is 90.2 cm³/mol. The number of carbonyl (C=O) groups is 2. The molecule has 122 valence electrons. The fourth-order valence-corrected chi connectivity index (χ4v) is 2.28. The Labute approximate surface area is 137 Å². The summed E-state index contributed by atoms with van der Waals surface area (Å²) in [5.41, 5.74) is 8.11. The third kappa shape index (κ3) is 3.30. The molecule has 3 aromatic rings. The summed E-state index contributed by atoms with van der Waals surface area (Å²) in [6.07, 6.45) is 1.79. The quantitative estimate of drug-likeness (QED) is 0.513. The van der Waals surface area contributed by atoms with Crippen molar-refractivity contribution in [3.8, 4) is 5.75 Å². The van der Waals surface area contributed by atoms with Crippen molar-refractivity contribution in [3.63, 3.8) is 0 Å². The van der Waals surface area contributed by atoms with E-state index in [1.165, 1.54) is 0 Å². The number of amides is 1. The molecule has 4 rings (SSSR count). The molecule has 0 atom stereocenters. The number of carboxylic acids is 1. The molecule has 1 aliphatic heterocycles. The van der Waals surface area contributed by atoms with Gasteiger partial charge in [0, 0.05) is 28.9 Å². The van der Waals surface area contributed by atoms with Gasteiger partial charge < -0.3 is 25.9 Å². The SMILES string of the molecule is Nc1ccc2c(c1)OCC(=O)N2.O=C(O)c1ccc2[nH]ccc2c1. The molecule has 2 aromatic carbocycles. The molecule has 2 heterocycles. The van der Waals surface area contributed by atoms with E-state index in [1.54, 1.807) is 42.6 Å². The molecule has 0 spiro atoms. The Bertz CT molecular complexity index is 917. The van der Waals surface area contributed by atoms with Gasteiger partial charge in [-0.1, -0.05) is 0 Å². The lowest BCUT2D eigenvalue weighted by molar-refractivity contribution is -0.118. The van der Waals surface area contributed by atoms with E-state index in [9.17, 15) is 9.59 Å². The van der Waals surface area contributed by atoms with Gasteiger partial charge in [0.2, 0.25) is 0 Å².